The number of benzene rings is 1. The highest BCUT2D eigenvalue weighted by Gasteiger charge is 2.18. The topological polar surface area (TPSA) is 42.2 Å². The van der Waals surface area contributed by atoms with Crippen LogP contribution in [0.5, 0.6) is 0 Å². The fourth-order valence-electron chi connectivity index (χ4n) is 2.42. The zero-order valence-corrected chi connectivity index (χ0v) is 10.4. The largest absolute Gasteiger partial charge is 0.477 e. The van der Waals surface area contributed by atoms with Crippen molar-refractivity contribution in [2.45, 2.75) is 26.7 Å². The van der Waals surface area contributed by atoms with Gasteiger partial charge < -0.3 is 9.67 Å². The van der Waals surface area contributed by atoms with Gasteiger partial charge in [0.1, 0.15) is 5.69 Å². The first-order valence-electron chi connectivity index (χ1n) is 5.93. The molecule has 2 rings (SSSR count). The number of carboxylic acids is 1. The van der Waals surface area contributed by atoms with Crippen LogP contribution < -0.4 is 0 Å². The van der Waals surface area contributed by atoms with Gasteiger partial charge in [0.2, 0.25) is 0 Å². The molecule has 1 heterocycles. The van der Waals surface area contributed by atoms with Crippen molar-refractivity contribution in [1.29, 1.82) is 0 Å². The summed E-state index contributed by atoms with van der Waals surface area (Å²) < 4.78 is 1.77. The van der Waals surface area contributed by atoms with Crippen LogP contribution in [0.2, 0.25) is 0 Å². The lowest BCUT2D eigenvalue weighted by molar-refractivity contribution is 0.0686. The predicted molar refractivity (Wildman–Crippen MR) is 68.6 cm³/mol. The standard InChI is InChI=1S/C14H17NO2/c1-4-9-6-7-12-11(8-9)10(5-2)13(14(16)17)15(12)3/h6-8H,4-5H2,1-3H3,(H,16,17). The highest BCUT2D eigenvalue weighted by molar-refractivity contribution is 5.98. The number of carboxylic acid groups (broad SMARTS) is 1. The molecule has 0 radical (unpaired) electrons. The molecule has 0 unspecified atom stereocenters. The molecule has 0 aliphatic rings. The third kappa shape index (κ3) is 1.71. The van der Waals surface area contributed by atoms with E-state index in [9.17, 15) is 9.90 Å². The van der Waals surface area contributed by atoms with Crippen molar-refractivity contribution >= 4 is 16.9 Å². The lowest BCUT2D eigenvalue weighted by Gasteiger charge is -2.00. The molecule has 1 aromatic carbocycles. The second kappa shape index (κ2) is 4.24. The van der Waals surface area contributed by atoms with Gasteiger partial charge in [-0.2, -0.15) is 0 Å². The van der Waals surface area contributed by atoms with Crippen molar-refractivity contribution in [1.82, 2.24) is 4.57 Å². The molecule has 0 bridgehead atoms. The zero-order chi connectivity index (χ0) is 12.6. The summed E-state index contributed by atoms with van der Waals surface area (Å²) >= 11 is 0. The number of nitrogens with zero attached hydrogens (tertiary/aromatic N) is 1. The first kappa shape index (κ1) is 11.7. The molecule has 0 aliphatic carbocycles. The van der Waals surface area contributed by atoms with Crippen LogP contribution in [-0.2, 0) is 19.9 Å². The van der Waals surface area contributed by atoms with Gasteiger partial charge >= 0.3 is 5.97 Å². The van der Waals surface area contributed by atoms with Gasteiger partial charge in [-0.05, 0) is 36.1 Å². The van der Waals surface area contributed by atoms with E-state index in [1.54, 1.807) is 4.57 Å². The number of hydrogen-bond donors (Lipinski definition) is 1. The Bertz CT molecular complexity index is 581. The quantitative estimate of drug-likeness (QED) is 0.882. The van der Waals surface area contributed by atoms with Gasteiger partial charge in [-0.25, -0.2) is 4.79 Å². The second-order valence-corrected chi connectivity index (χ2v) is 4.25. The molecule has 0 aliphatic heterocycles. The molecular formula is C14H17NO2. The monoisotopic (exact) mass is 231 g/mol. The Morgan fingerprint density at radius 2 is 2.00 bits per heavy atom. The average molecular weight is 231 g/mol. The Morgan fingerprint density at radius 3 is 2.53 bits per heavy atom. The molecule has 0 fully saturated rings. The Balaban J connectivity index is 2.84. The number of aromatic carboxylic acids is 1. The third-order valence-corrected chi connectivity index (χ3v) is 3.33. The van der Waals surface area contributed by atoms with E-state index in [2.05, 4.69) is 19.1 Å². The number of aromatic nitrogens is 1. The molecule has 17 heavy (non-hydrogen) atoms. The van der Waals surface area contributed by atoms with Crippen LogP contribution in [0.4, 0.5) is 0 Å². The third-order valence-electron chi connectivity index (χ3n) is 3.33. The smallest absolute Gasteiger partial charge is 0.352 e. The van der Waals surface area contributed by atoms with Gasteiger partial charge in [-0.15, -0.1) is 0 Å². The summed E-state index contributed by atoms with van der Waals surface area (Å²) in [4.78, 5) is 11.3. The Morgan fingerprint density at radius 1 is 1.29 bits per heavy atom. The predicted octanol–water partition coefficient (Wildman–Crippen LogP) is 3.00. The SMILES string of the molecule is CCc1ccc2c(c1)c(CC)c(C(=O)O)n2C. The molecule has 0 spiro atoms. The molecule has 0 saturated heterocycles. The van der Waals surface area contributed by atoms with Crippen LogP contribution in [0.1, 0.15) is 35.5 Å². The molecule has 1 aromatic heterocycles. The van der Waals surface area contributed by atoms with Crippen molar-refractivity contribution in [3.05, 3.63) is 35.0 Å². The molecular weight excluding hydrogens is 214 g/mol. The zero-order valence-electron chi connectivity index (χ0n) is 10.4. The van der Waals surface area contributed by atoms with Gasteiger partial charge in [0.25, 0.3) is 0 Å². The fraction of sp³-hybridized carbons (Fsp3) is 0.357. The summed E-state index contributed by atoms with van der Waals surface area (Å²) in [6, 6.07) is 6.19. The molecule has 90 valence electrons. The number of carbonyl (C=O) groups is 1. The molecule has 0 atom stereocenters. The fourth-order valence-corrected chi connectivity index (χ4v) is 2.42. The maximum absolute atomic E-state index is 11.3. The van der Waals surface area contributed by atoms with Crippen LogP contribution >= 0.6 is 0 Å². The van der Waals surface area contributed by atoms with Crippen LogP contribution in [-0.4, -0.2) is 15.6 Å². The lowest BCUT2D eigenvalue weighted by Crippen LogP contribution is -2.06. The van der Waals surface area contributed by atoms with Gasteiger partial charge in [-0.3, -0.25) is 0 Å². The summed E-state index contributed by atoms with van der Waals surface area (Å²) in [7, 11) is 1.82. The van der Waals surface area contributed by atoms with E-state index in [-0.39, 0.29) is 0 Å². The minimum atomic E-state index is -0.849. The van der Waals surface area contributed by atoms with Crippen molar-refractivity contribution < 1.29 is 9.90 Å². The van der Waals surface area contributed by atoms with Gasteiger partial charge in [0.15, 0.2) is 0 Å². The number of fused-ring (bicyclic) bond motifs is 1. The van der Waals surface area contributed by atoms with Crippen molar-refractivity contribution in [2.24, 2.45) is 7.05 Å². The van der Waals surface area contributed by atoms with E-state index in [0.717, 1.165) is 29.3 Å². The van der Waals surface area contributed by atoms with Crippen LogP contribution in [0.25, 0.3) is 10.9 Å². The van der Waals surface area contributed by atoms with Crippen LogP contribution in [0.3, 0.4) is 0 Å². The molecule has 2 aromatic rings. The number of rotatable bonds is 3. The molecule has 3 nitrogen and oxygen atoms in total. The summed E-state index contributed by atoms with van der Waals surface area (Å²) in [5, 5.41) is 10.4. The van der Waals surface area contributed by atoms with E-state index >= 15 is 0 Å². The second-order valence-electron chi connectivity index (χ2n) is 4.25. The van der Waals surface area contributed by atoms with Gasteiger partial charge in [0, 0.05) is 18.0 Å². The first-order valence-corrected chi connectivity index (χ1v) is 5.93. The van der Waals surface area contributed by atoms with Crippen molar-refractivity contribution in [3.8, 4) is 0 Å². The van der Waals surface area contributed by atoms with Gasteiger partial charge in [0.05, 0.1) is 0 Å². The number of aryl methyl sites for hydroxylation is 3. The Kier molecular flexibility index (Phi) is 2.92. The summed E-state index contributed by atoms with van der Waals surface area (Å²) in [6.45, 7) is 4.10. The van der Waals surface area contributed by atoms with Crippen LogP contribution in [0.15, 0.2) is 18.2 Å². The highest BCUT2D eigenvalue weighted by atomic mass is 16.4. The Labute approximate surface area is 101 Å². The van der Waals surface area contributed by atoms with E-state index in [0.29, 0.717) is 5.69 Å². The van der Waals surface area contributed by atoms with Crippen molar-refractivity contribution in [3.63, 3.8) is 0 Å². The number of hydrogen-bond acceptors (Lipinski definition) is 1. The lowest BCUT2D eigenvalue weighted by atomic mass is 10.0. The molecule has 3 heteroatoms. The van der Waals surface area contributed by atoms with Gasteiger partial charge in [-0.1, -0.05) is 19.9 Å². The minimum absolute atomic E-state index is 0.413. The average Bonchev–Trinajstić information content (AvgIpc) is 2.61. The highest BCUT2D eigenvalue weighted by Crippen LogP contribution is 2.27. The molecule has 0 saturated carbocycles. The maximum Gasteiger partial charge on any atom is 0.352 e. The van der Waals surface area contributed by atoms with E-state index in [1.165, 1.54) is 5.56 Å². The normalized spacial score (nSPS) is 11.0. The van der Waals surface area contributed by atoms with Crippen LogP contribution in [0, 0.1) is 0 Å². The first-order chi connectivity index (χ1) is 8.10. The Hall–Kier alpha value is -1.77. The van der Waals surface area contributed by atoms with E-state index in [4.69, 9.17) is 0 Å². The molecule has 0 amide bonds. The summed E-state index contributed by atoms with van der Waals surface area (Å²) in [5.41, 5.74) is 3.59. The maximum atomic E-state index is 11.3. The molecule has 1 N–H and O–H groups in total. The summed E-state index contributed by atoms with van der Waals surface area (Å²) in [6.07, 6.45) is 1.71. The van der Waals surface area contributed by atoms with Crippen molar-refractivity contribution in [2.75, 3.05) is 0 Å². The minimum Gasteiger partial charge on any atom is -0.477 e. The van der Waals surface area contributed by atoms with E-state index in [1.807, 2.05) is 20.0 Å². The van der Waals surface area contributed by atoms with E-state index < -0.39 is 5.97 Å². The summed E-state index contributed by atoms with van der Waals surface area (Å²) in [5.74, 6) is -0.849.